The average Bonchev–Trinajstić information content (AvgIpc) is 3.02. The number of halogens is 1. The third kappa shape index (κ3) is 6.94. The normalized spacial score (nSPS) is 15.5. The van der Waals surface area contributed by atoms with Crippen LogP contribution in [-0.4, -0.2) is 52.9 Å². The number of aryl methyl sites for hydroxylation is 1. The zero-order chi connectivity index (χ0) is 21.6. The minimum absolute atomic E-state index is 0. The molecule has 31 heavy (non-hydrogen) atoms. The Hall–Kier alpha value is -1.61. The van der Waals surface area contributed by atoms with E-state index in [1.54, 1.807) is 0 Å². The molecule has 1 aromatic carbocycles. The molecule has 1 aliphatic rings. The molecule has 0 amide bonds. The molecule has 1 fully saturated rings. The van der Waals surface area contributed by atoms with Crippen molar-refractivity contribution >= 4 is 29.9 Å². The van der Waals surface area contributed by atoms with Gasteiger partial charge in [-0.05, 0) is 59.2 Å². The Morgan fingerprint density at radius 2 is 1.74 bits per heavy atom. The number of hydrogen-bond acceptors (Lipinski definition) is 3. The minimum Gasteiger partial charge on any atom is -0.355 e. The van der Waals surface area contributed by atoms with Crippen LogP contribution in [0.3, 0.4) is 0 Å². The summed E-state index contributed by atoms with van der Waals surface area (Å²) in [4.78, 5) is 7.03. The summed E-state index contributed by atoms with van der Waals surface area (Å²) >= 11 is 0. The number of aliphatic imine (C=N–C) groups is 1. The Bertz CT molecular complexity index is 837. The quantitative estimate of drug-likeness (QED) is 0.317. The molecule has 6 nitrogen and oxygen atoms in total. The Labute approximate surface area is 204 Å². The summed E-state index contributed by atoms with van der Waals surface area (Å²) in [6, 6.07) is 10.5. The lowest BCUT2D eigenvalue weighted by atomic mass is 9.98. The molecule has 0 aliphatic carbocycles. The second kappa shape index (κ2) is 11.9. The first kappa shape index (κ1) is 25.6. The molecule has 0 saturated carbocycles. The van der Waals surface area contributed by atoms with Crippen molar-refractivity contribution in [3.8, 4) is 0 Å². The Kier molecular flexibility index (Phi) is 9.81. The number of rotatable bonds is 7. The maximum Gasteiger partial charge on any atom is 0.191 e. The molecule has 7 heteroatoms. The van der Waals surface area contributed by atoms with E-state index in [4.69, 9.17) is 5.10 Å². The fourth-order valence-electron chi connectivity index (χ4n) is 4.20. The second-order valence-corrected chi connectivity index (χ2v) is 8.93. The molecule has 0 unspecified atom stereocenters. The molecule has 3 rings (SSSR count). The zero-order valence-corrected chi connectivity index (χ0v) is 22.1. The van der Waals surface area contributed by atoms with Gasteiger partial charge in [0, 0.05) is 36.9 Å². The Morgan fingerprint density at radius 3 is 2.39 bits per heavy atom. The summed E-state index contributed by atoms with van der Waals surface area (Å²) in [5.41, 5.74) is 4.89. The molecule has 0 atom stereocenters. The monoisotopic (exact) mass is 538 g/mol. The molecule has 2 aromatic rings. The third-order valence-corrected chi connectivity index (χ3v) is 6.26. The lowest BCUT2D eigenvalue weighted by molar-refractivity contribution is 0.0982. The number of guanidine groups is 1. The van der Waals surface area contributed by atoms with Gasteiger partial charge < -0.3 is 10.6 Å². The first-order valence-electron chi connectivity index (χ1n) is 11.2. The molecule has 1 aliphatic heterocycles. The van der Waals surface area contributed by atoms with Gasteiger partial charge in [-0.2, -0.15) is 5.10 Å². The first-order chi connectivity index (χ1) is 14.4. The van der Waals surface area contributed by atoms with Gasteiger partial charge in [0.05, 0.1) is 12.2 Å². The van der Waals surface area contributed by atoms with E-state index in [1.807, 2.05) is 13.1 Å². The van der Waals surface area contributed by atoms with Crippen molar-refractivity contribution in [2.45, 2.75) is 65.6 Å². The lowest BCUT2D eigenvalue weighted by Crippen LogP contribution is -2.54. The van der Waals surface area contributed by atoms with E-state index in [0.717, 1.165) is 31.3 Å². The Morgan fingerprint density at radius 1 is 1.06 bits per heavy atom. The standard InChI is InChI=1S/C24H38N6.HI/c1-19-22(20(2)30(28-19)17-21-12-8-6-9-13-21)16-26-23(25-5)27-18-24(3,4)29-14-10-7-11-15-29;/h6,8-9,12-13H,7,10-11,14-18H2,1-5H3,(H2,25,26,27);1H. The van der Waals surface area contributed by atoms with Crippen LogP contribution in [0.2, 0.25) is 0 Å². The number of piperidine rings is 1. The number of hydrogen-bond donors (Lipinski definition) is 2. The lowest BCUT2D eigenvalue weighted by Gasteiger charge is -2.41. The van der Waals surface area contributed by atoms with Crippen molar-refractivity contribution < 1.29 is 0 Å². The van der Waals surface area contributed by atoms with E-state index in [-0.39, 0.29) is 29.5 Å². The Balaban J connectivity index is 0.00000341. The summed E-state index contributed by atoms with van der Waals surface area (Å²) in [5.74, 6) is 0.842. The largest absolute Gasteiger partial charge is 0.355 e. The third-order valence-electron chi connectivity index (χ3n) is 6.26. The van der Waals surface area contributed by atoms with Gasteiger partial charge >= 0.3 is 0 Å². The summed E-state index contributed by atoms with van der Waals surface area (Å²) in [6.45, 7) is 13.6. The van der Waals surface area contributed by atoms with Crippen molar-refractivity contribution in [1.29, 1.82) is 0 Å². The SMILES string of the molecule is CN=C(NCc1c(C)nn(Cc2ccccc2)c1C)NCC(C)(C)N1CCCCC1.I. The highest BCUT2D eigenvalue weighted by Crippen LogP contribution is 2.20. The molecular weight excluding hydrogens is 499 g/mol. The van der Waals surface area contributed by atoms with Crippen LogP contribution < -0.4 is 10.6 Å². The molecule has 0 spiro atoms. The maximum absolute atomic E-state index is 4.77. The number of likely N-dealkylation sites (tertiary alicyclic amines) is 1. The van der Waals surface area contributed by atoms with Crippen LogP contribution in [0.1, 0.15) is 55.6 Å². The predicted octanol–water partition coefficient (Wildman–Crippen LogP) is 4.10. The average molecular weight is 539 g/mol. The van der Waals surface area contributed by atoms with Gasteiger partial charge in [-0.3, -0.25) is 14.6 Å². The number of nitrogens with zero attached hydrogens (tertiary/aromatic N) is 4. The topological polar surface area (TPSA) is 57.5 Å². The maximum atomic E-state index is 4.77. The van der Waals surface area contributed by atoms with Gasteiger partial charge in [0.1, 0.15) is 0 Å². The van der Waals surface area contributed by atoms with Gasteiger partial charge in [0.2, 0.25) is 0 Å². The van der Waals surface area contributed by atoms with Gasteiger partial charge in [-0.15, -0.1) is 24.0 Å². The van der Waals surface area contributed by atoms with Crippen LogP contribution in [0.15, 0.2) is 35.3 Å². The van der Waals surface area contributed by atoms with Gasteiger partial charge in [-0.25, -0.2) is 0 Å². The van der Waals surface area contributed by atoms with Crippen LogP contribution in [-0.2, 0) is 13.1 Å². The fourth-order valence-corrected chi connectivity index (χ4v) is 4.20. The number of nitrogens with one attached hydrogen (secondary N) is 2. The molecule has 0 bridgehead atoms. The highest BCUT2D eigenvalue weighted by molar-refractivity contribution is 14.0. The van der Waals surface area contributed by atoms with E-state index in [1.165, 1.54) is 49.2 Å². The van der Waals surface area contributed by atoms with Crippen LogP contribution >= 0.6 is 24.0 Å². The van der Waals surface area contributed by atoms with E-state index >= 15 is 0 Å². The first-order valence-corrected chi connectivity index (χ1v) is 11.2. The number of benzene rings is 1. The molecule has 0 radical (unpaired) electrons. The van der Waals surface area contributed by atoms with Crippen molar-refractivity contribution in [2.24, 2.45) is 4.99 Å². The second-order valence-electron chi connectivity index (χ2n) is 8.93. The van der Waals surface area contributed by atoms with Crippen LogP contribution in [0.4, 0.5) is 0 Å². The molecular formula is C24H39IN6. The summed E-state index contributed by atoms with van der Waals surface area (Å²) in [7, 11) is 1.84. The van der Waals surface area contributed by atoms with E-state index in [0.29, 0.717) is 0 Å². The van der Waals surface area contributed by atoms with Crippen LogP contribution in [0, 0.1) is 13.8 Å². The van der Waals surface area contributed by atoms with Crippen molar-refractivity contribution in [3.05, 3.63) is 52.8 Å². The van der Waals surface area contributed by atoms with Crippen LogP contribution in [0.25, 0.3) is 0 Å². The van der Waals surface area contributed by atoms with Crippen LogP contribution in [0.5, 0.6) is 0 Å². The highest BCUT2D eigenvalue weighted by Gasteiger charge is 2.28. The number of aromatic nitrogens is 2. The molecule has 1 aromatic heterocycles. The summed E-state index contributed by atoms with van der Waals surface area (Å²) in [5, 5.41) is 11.8. The van der Waals surface area contributed by atoms with E-state index < -0.39 is 0 Å². The zero-order valence-electron chi connectivity index (χ0n) is 19.7. The molecule has 172 valence electrons. The summed E-state index contributed by atoms with van der Waals surface area (Å²) < 4.78 is 2.09. The summed E-state index contributed by atoms with van der Waals surface area (Å²) in [6.07, 6.45) is 3.98. The smallest absolute Gasteiger partial charge is 0.191 e. The van der Waals surface area contributed by atoms with Crippen molar-refractivity contribution in [1.82, 2.24) is 25.3 Å². The highest BCUT2D eigenvalue weighted by atomic mass is 127. The van der Waals surface area contributed by atoms with Crippen molar-refractivity contribution in [3.63, 3.8) is 0 Å². The minimum atomic E-state index is 0. The molecule has 2 N–H and O–H groups in total. The fraction of sp³-hybridized carbons (Fsp3) is 0.583. The van der Waals surface area contributed by atoms with Gasteiger partial charge in [0.15, 0.2) is 5.96 Å². The van der Waals surface area contributed by atoms with Crippen molar-refractivity contribution in [2.75, 3.05) is 26.7 Å². The predicted molar refractivity (Wildman–Crippen MR) is 140 cm³/mol. The van der Waals surface area contributed by atoms with Gasteiger partial charge in [-0.1, -0.05) is 36.8 Å². The molecule has 1 saturated heterocycles. The molecule has 2 heterocycles. The van der Waals surface area contributed by atoms with Gasteiger partial charge in [0.25, 0.3) is 0 Å². The van der Waals surface area contributed by atoms with E-state index in [2.05, 4.69) is 77.2 Å². The van der Waals surface area contributed by atoms with E-state index in [9.17, 15) is 0 Å².